The summed E-state index contributed by atoms with van der Waals surface area (Å²) in [6, 6.07) is -0.612. The molecule has 1 rings (SSSR count). The normalized spacial score (nSPS) is 13.4. The Kier molecular flexibility index (Phi) is 4.85. The molecular formula is C10H17N3O4S. The predicted molar refractivity (Wildman–Crippen MR) is 64.5 cm³/mol. The van der Waals surface area contributed by atoms with Crippen LogP contribution in [0.25, 0.3) is 0 Å². The molecule has 0 fully saturated rings. The van der Waals surface area contributed by atoms with E-state index >= 15 is 0 Å². The molecule has 1 heterocycles. The van der Waals surface area contributed by atoms with Crippen molar-refractivity contribution in [2.24, 2.45) is 7.05 Å². The third-order valence-electron chi connectivity index (χ3n) is 2.34. The third kappa shape index (κ3) is 4.11. The maximum atomic E-state index is 11.9. The van der Waals surface area contributed by atoms with Crippen LogP contribution in [0, 0.1) is 0 Å². The highest BCUT2D eigenvalue weighted by atomic mass is 32.2. The Balaban J connectivity index is 2.82. The molecule has 0 amide bonds. The number of carbonyl (C=O) groups is 1. The summed E-state index contributed by atoms with van der Waals surface area (Å²) in [5, 5.41) is 8.63. The zero-order valence-electron chi connectivity index (χ0n) is 10.3. The van der Waals surface area contributed by atoms with E-state index in [0.29, 0.717) is 12.8 Å². The second-order valence-corrected chi connectivity index (χ2v) is 5.74. The van der Waals surface area contributed by atoms with Gasteiger partial charge in [0.1, 0.15) is 0 Å². The van der Waals surface area contributed by atoms with Crippen molar-refractivity contribution < 1.29 is 18.3 Å². The number of nitrogens with zero attached hydrogens (tertiary/aromatic N) is 2. The lowest BCUT2D eigenvalue weighted by atomic mass is 10.1. The van der Waals surface area contributed by atoms with Gasteiger partial charge >= 0.3 is 5.97 Å². The summed E-state index contributed by atoms with van der Waals surface area (Å²) >= 11 is 0. The number of nitrogens with one attached hydrogen (secondary N) is 1. The van der Waals surface area contributed by atoms with Gasteiger partial charge in [0.05, 0.1) is 12.7 Å². The number of rotatable bonds is 7. The van der Waals surface area contributed by atoms with E-state index in [4.69, 9.17) is 5.11 Å². The highest BCUT2D eigenvalue weighted by Crippen LogP contribution is 2.09. The van der Waals surface area contributed by atoms with E-state index in [1.54, 1.807) is 7.05 Å². The van der Waals surface area contributed by atoms with Crippen LogP contribution in [0.5, 0.6) is 0 Å². The first-order valence-corrected chi connectivity index (χ1v) is 7.05. The Morgan fingerprint density at radius 3 is 2.72 bits per heavy atom. The van der Waals surface area contributed by atoms with Crippen molar-refractivity contribution in [2.45, 2.75) is 37.3 Å². The molecule has 0 spiro atoms. The van der Waals surface area contributed by atoms with Crippen LogP contribution in [0.15, 0.2) is 17.6 Å². The molecule has 0 saturated carbocycles. The van der Waals surface area contributed by atoms with Gasteiger partial charge in [0.25, 0.3) is 10.0 Å². The van der Waals surface area contributed by atoms with Gasteiger partial charge in [-0.3, -0.25) is 4.79 Å². The minimum atomic E-state index is -3.75. The summed E-state index contributed by atoms with van der Waals surface area (Å²) in [7, 11) is -2.09. The molecule has 0 saturated heterocycles. The lowest BCUT2D eigenvalue weighted by molar-refractivity contribution is -0.137. The highest BCUT2D eigenvalue weighted by Gasteiger charge is 2.23. The zero-order chi connectivity index (χ0) is 13.8. The first-order valence-electron chi connectivity index (χ1n) is 5.57. The number of carboxylic acid groups (broad SMARTS) is 1. The van der Waals surface area contributed by atoms with E-state index in [2.05, 4.69) is 9.71 Å². The van der Waals surface area contributed by atoms with Gasteiger partial charge in [0.2, 0.25) is 0 Å². The summed E-state index contributed by atoms with van der Waals surface area (Å²) in [4.78, 5) is 14.4. The Labute approximate surface area is 106 Å². The topological polar surface area (TPSA) is 101 Å². The summed E-state index contributed by atoms with van der Waals surface area (Å²) in [6.45, 7) is 1.86. The van der Waals surface area contributed by atoms with Crippen molar-refractivity contribution in [3.8, 4) is 0 Å². The van der Waals surface area contributed by atoms with Crippen molar-refractivity contribution in [1.82, 2.24) is 14.3 Å². The van der Waals surface area contributed by atoms with E-state index < -0.39 is 22.0 Å². The molecule has 1 atom stereocenters. The van der Waals surface area contributed by atoms with Gasteiger partial charge in [-0.15, -0.1) is 0 Å². The first-order chi connectivity index (χ1) is 8.35. The Morgan fingerprint density at radius 2 is 2.28 bits per heavy atom. The SMILES string of the molecule is CCCC(CC(=O)O)NS(=O)(=O)c1cn(C)cn1. The standard InChI is InChI=1S/C10H17N3O4S/c1-3-4-8(5-10(14)15)12-18(16,17)9-6-13(2)7-11-9/h6-8,12H,3-5H2,1-2H3,(H,14,15). The number of sulfonamides is 1. The largest absolute Gasteiger partial charge is 0.481 e. The van der Waals surface area contributed by atoms with Gasteiger partial charge in [-0.1, -0.05) is 13.3 Å². The maximum Gasteiger partial charge on any atom is 0.304 e. The van der Waals surface area contributed by atoms with Gasteiger partial charge < -0.3 is 9.67 Å². The van der Waals surface area contributed by atoms with Gasteiger partial charge in [0, 0.05) is 19.3 Å². The quantitative estimate of drug-likeness (QED) is 0.747. The van der Waals surface area contributed by atoms with Crippen LogP contribution in [-0.2, 0) is 21.9 Å². The number of aromatic nitrogens is 2. The highest BCUT2D eigenvalue weighted by molar-refractivity contribution is 7.89. The summed E-state index contributed by atoms with van der Waals surface area (Å²) < 4.78 is 27.7. The van der Waals surface area contributed by atoms with Gasteiger partial charge in [0.15, 0.2) is 5.03 Å². The fourth-order valence-electron chi connectivity index (χ4n) is 1.57. The molecule has 1 unspecified atom stereocenters. The lowest BCUT2D eigenvalue weighted by Crippen LogP contribution is -2.36. The molecule has 102 valence electrons. The van der Waals surface area contributed by atoms with E-state index in [9.17, 15) is 13.2 Å². The van der Waals surface area contributed by atoms with Crippen LogP contribution in [-0.4, -0.2) is 35.1 Å². The van der Waals surface area contributed by atoms with Crippen LogP contribution in [0.2, 0.25) is 0 Å². The molecule has 8 heteroatoms. The maximum absolute atomic E-state index is 11.9. The lowest BCUT2D eigenvalue weighted by Gasteiger charge is -2.14. The first kappa shape index (κ1) is 14.7. The Morgan fingerprint density at radius 1 is 1.61 bits per heavy atom. The molecular weight excluding hydrogens is 258 g/mol. The minimum Gasteiger partial charge on any atom is -0.481 e. The summed E-state index contributed by atoms with van der Waals surface area (Å²) in [6.07, 6.45) is 3.67. The van der Waals surface area contributed by atoms with Crippen LogP contribution >= 0.6 is 0 Å². The summed E-state index contributed by atoms with van der Waals surface area (Å²) in [5.74, 6) is -1.03. The minimum absolute atomic E-state index is 0.100. The molecule has 0 bridgehead atoms. The second kappa shape index (κ2) is 5.96. The molecule has 18 heavy (non-hydrogen) atoms. The van der Waals surface area contributed by atoms with E-state index in [1.165, 1.54) is 17.1 Å². The number of carboxylic acids is 1. The fourth-order valence-corrected chi connectivity index (χ4v) is 2.82. The van der Waals surface area contributed by atoms with Gasteiger partial charge in [-0.2, -0.15) is 0 Å². The zero-order valence-corrected chi connectivity index (χ0v) is 11.1. The van der Waals surface area contributed by atoms with E-state index in [-0.39, 0.29) is 11.4 Å². The molecule has 0 aliphatic rings. The predicted octanol–water partition coefficient (Wildman–Crippen LogP) is 0.342. The average Bonchev–Trinajstić information content (AvgIpc) is 2.64. The Bertz CT molecular complexity index is 509. The number of hydrogen-bond donors (Lipinski definition) is 2. The molecule has 1 aromatic heterocycles. The molecule has 1 aromatic rings. The molecule has 0 radical (unpaired) electrons. The van der Waals surface area contributed by atoms with Gasteiger partial charge in [-0.05, 0) is 6.42 Å². The van der Waals surface area contributed by atoms with E-state index in [0.717, 1.165) is 0 Å². The smallest absolute Gasteiger partial charge is 0.304 e. The molecule has 0 aromatic carbocycles. The van der Waals surface area contributed by atoms with Crippen molar-refractivity contribution in [3.05, 3.63) is 12.5 Å². The second-order valence-electron chi connectivity index (χ2n) is 4.08. The molecule has 0 aliphatic heterocycles. The fraction of sp³-hybridized carbons (Fsp3) is 0.600. The number of imidazole rings is 1. The molecule has 0 aliphatic carbocycles. The van der Waals surface area contributed by atoms with Gasteiger partial charge in [-0.25, -0.2) is 18.1 Å². The van der Waals surface area contributed by atoms with Crippen LogP contribution in [0.3, 0.4) is 0 Å². The van der Waals surface area contributed by atoms with E-state index in [1.807, 2.05) is 6.92 Å². The van der Waals surface area contributed by atoms with Crippen LogP contribution < -0.4 is 4.72 Å². The molecule has 7 nitrogen and oxygen atoms in total. The average molecular weight is 275 g/mol. The monoisotopic (exact) mass is 275 g/mol. The number of hydrogen-bond acceptors (Lipinski definition) is 4. The van der Waals surface area contributed by atoms with Crippen LogP contribution in [0.4, 0.5) is 0 Å². The van der Waals surface area contributed by atoms with Crippen LogP contribution in [0.1, 0.15) is 26.2 Å². The Hall–Kier alpha value is -1.41. The number of aryl methyl sites for hydroxylation is 1. The number of aliphatic carboxylic acids is 1. The molecule has 2 N–H and O–H groups in total. The van der Waals surface area contributed by atoms with Crippen molar-refractivity contribution in [2.75, 3.05) is 0 Å². The summed E-state index contributed by atoms with van der Waals surface area (Å²) in [5.41, 5.74) is 0. The van der Waals surface area contributed by atoms with Crippen molar-refractivity contribution in [3.63, 3.8) is 0 Å². The van der Waals surface area contributed by atoms with Crippen molar-refractivity contribution >= 4 is 16.0 Å². The van der Waals surface area contributed by atoms with Crippen molar-refractivity contribution in [1.29, 1.82) is 0 Å². The third-order valence-corrected chi connectivity index (χ3v) is 3.74.